The Morgan fingerprint density at radius 3 is 2.07 bits per heavy atom. The molecule has 0 N–H and O–H groups in total. The summed E-state index contributed by atoms with van der Waals surface area (Å²) < 4.78 is 66.1. The lowest BCUT2D eigenvalue weighted by molar-refractivity contribution is -0.571. The molecule has 1 unspecified atom stereocenters. The zero-order chi connectivity index (χ0) is 44.4. The number of ether oxygens (including phenoxy) is 1. The van der Waals surface area contributed by atoms with E-state index >= 15 is 0 Å². The van der Waals surface area contributed by atoms with Crippen molar-refractivity contribution in [3.8, 4) is 50.9 Å². The minimum Gasteiger partial charge on any atom is -0.458 e. The van der Waals surface area contributed by atoms with Gasteiger partial charge in [0.1, 0.15) is 17.3 Å². The Hall–Kier alpha value is -7.24. The Morgan fingerprint density at radius 2 is 1.31 bits per heavy atom. The number of nitrogens with zero attached hydrogens (tertiary/aromatic N) is 4. The Balaban J connectivity index is 1.14. The minimum atomic E-state index is -0.412. The number of para-hydroxylation sites is 4. The van der Waals surface area contributed by atoms with Gasteiger partial charge >= 0.3 is 0 Å². The molecule has 280 valence electrons. The summed E-state index contributed by atoms with van der Waals surface area (Å²) in [5.41, 5.74) is 9.41. The Bertz CT molecular complexity index is 3380. The Labute approximate surface area is 347 Å². The third-order valence-corrected chi connectivity index (χ3v) is 11.0. The number of aromatic nitrogens is 4. The first-order chi connectivity index (χ1) is 31.0. The molecule has 3 aromatic heterocycles. The molecule has 58 heavy (non-hydrogen) atoms. The largest absolute Gasteiger partial charge is 0.458 e. The van der Waals surface area contributed by atoms with Gasteiger partial charge in [0.15, 0.2) is 0 Å². The Kier molecular flexibility index (Phi) is 7.36. The molecule has 10 rings (SSSR count). The van der Waals surface area contributed by atoms with E-state index < -0.39 is 12.1 Å². The fourth-order valence-electron chi connectivity index (χ4n) is 7.80. The molecule has 10 aromatic rings. The summed E-state index contributed by atoms with van der Waals surface area (Å²) in [4.78, 5) is 4.70. The van der Waals surface area contributed by atoms with Crippen LogP contribution in [0.1, 0.15) is 40.5 Å². The van der Waals surface area contributed by atoms with Crippen LogP contribution in [0.3, 0.4) is 0 Å². The average Bonchev–Trinajstić information content (AvgIpc) is 3.89. The normalized spacial score (nSPS) is 13.6. The first-order valence-electron chi connectivity index (χ1n) is 22.5. The molecule has 0 amide bonds. The van der Waals surface area contributed by atoms with Crippen molar-refractivity contribution in [1.82, 2.24) is 14.1 Å². The molecule has 0 fully saturated rings. The van der Waals surface area contributed by atoms with Crippen LogP contribution in [0.4, 0.5) is 0 Å². The van der Waals surface area contributed by atoms with E-state index in [1.807, 2.05) is 83.4 Å². The van der Waals surface area contributed by atoms with Crippen LogP contribution in [0, 0.1) is 12.2 Å². The van der Waals surface area contributed by atoms with Gasteiger partial charge in [0.2, 0.25) is 0 Å². The highest BCUT2D eigenvalue weighted by Crippen LogP contribution is 2.37. The SMILES string of the molecule is [2H]c1c(Oc2cccc(-n3[c-][n+](-c4c(-c5ccccc5)cccc4-c4ccccc4)c4ccccc43)c2)cc2c(c1[2H])c1c([2H])c([2H])c([2H])c([2H])c1n2-c1cc(C(C)C(C)C)ccn1. The molecule has 0 aliphatic rings. The second kappa shape index (κ2) is 14.7. The number of hydrogen-bond donors (Lipinski definition) is 0. The van der Waals surface area contributed by atoms with Crippen LogP contribution in [0.5, 0.6) is 11.5 Å². The quantitative estimate of drug-likeness (QED) is 0.109. The van der Waals surface area contributed by atoms with Crippen molar-refractivity contribution in [3.63, 3.8) is 0 Å². The first-order valence-corrected chi connectivity index (χ1v) is 19.5. The lowest BCUT2D eigenvalue weighted by Gasteiger charge is -2.17. The summed E-state index contributed by atoms with van der Waals surface area (Å²) in [5, 5.41) is 0.380. The summed E-state index contributed by atoms with van der Waals surface area (Å²) in [6.45, 7) is 6.42. The second-order valence-electron chi connectivity index (χ2n) is 14.9. The standard InChI is InChI=1S/C53H42N4O/c1-36(2)37(3)40-30-31-54-52(32-40)57-48-25-11-10-22-46(48)47-29-28-43(34-51(47)57)58-42-21-14-20-41(33-42)55-35-56(50-27-13-12-26-49(50)55)53-44(38-16-6-4-7-17-38)23-15-24-45(53)39-18-8-5-9-19-39/h4-34,36-37H,1-3H3/i10D,11D,22D,25D,28D,29D. The van der Waals surface area contributed by atoms with Crippen molar-refractivity contribution in [2.45, 2.75) is 26.7 Å². The van der Waals surface area contributed by atoms with Gasteiger partial charge in [-0.1, -0.05) is 148 Å². The zero-order valence-corrected chi connectivity index (χ0v) is 32.3. The van der Waals surface area contributed by atoms with E-state index in [4.69, 9.17) is 15.2 Å². The molecule has 0 saturated carbocycles. The van der Waals surface area contributed by atoms with E-state index in [0.717, 1.165) is 50.2 Å². The predicted molar refractivity (Wildman–Crippen MR) is 236 cm³/mol. The molecular weight excluding hydrogens is 709 g/mol. The third kappa shape index (κ3) is 6.22. The van der Waals surface area contributed by atoms with E-state index in [1.54, 1.807) is 22.9 Å². The van der Waals surface area contributed by atoms with Crippen molar-refractivity contribution >= 4 is 32.8 Å². The molecule has 0 radical (unpaired) electrons. The van der Waals surface area contributed by atoms with E-state index in [9.17, 15) is 2.74 Å². The monoisotopic (exact) mass is 756 g/mol. The zero-order valence-electron chi connectivity index (χ0n) is 38.3. The molecule has 7 aromatic carbocycles. The number of benzene rings is 7. The van der Waals surface area contributed by atoms with Crippen LogP contribution in [-0.2, 0) is 0 Å². The van der Waals surface area contributed by atoms with Crippen molar-refractivity contribution in [2.75, 3.05) is 0 Å². The smallest absolute Gasteiger partial charge is 0.269 e. The van der Waals surface area contributed by atoms with E-state index in [-0.39, 0.29) is 52.1 Å². The number of fused-ring (bicyclic) bond motifs is 4. The summed E-state index contributed by atoms with van der Waals surface area (Å²) in [7, 11) is 0. The van der Waals surface area contributed by atoms with Crippen LogP contribution in [-0.4, -0.2) is 14.1 Å². The van der Waals surface area contributed by atoms with Gasteiger partial charge in [-0.3, -0.25) is 13.7 Å². The molecule has 5 heteroatoms. The topological polar surface area (TPSA) is 35.9 Å². The van der Waals surface area contributed by atoms with Crippen LogP contribution in [0.2, 0.25) is 0 Å². The van der Waals surface area contributed by atoms with Crippen LogP contribution >= 0.6 is 0 Å². The van der Waals surface area contributed by atoms with Crippen molar-refractivity contribution < 1.29 is 17.5 Å². The number of pyridine rings is 1. The Morgan fingerprint density at radius 1 is 0.621 bits per heavy atom. The molecule has 5 nitrogen and oxygen atoms in total. The van der Waals surface area contributed by atoms with Crippen LogP contribution in [0.15, 0.2) is 188 Å². The van der Waals surface area contributed by atoms with Gasteiger partial charge in [-0.15, -0.1) is 0 Å². The lowest BCUT2D eigenvalue weighted by atomic mass is 9.91. The molecular formula is C53H42N4O. The third-order valence-electron chi connectivity index (χ3n) is 11.0. The molecule has 0 aliphatic heterocycles. The maximum Gasteiger partial charge on any atom is 0.269 e. The van der Waals surface area contributed by atoms with Crippen LogP contribution in [0.25, 0.3) is 72.3 Å². The van der Waals surface area contributed by atoms with Gasteiger partial charge in [0.05, 0.1) is 41.7 Å². The number of imidazole rings is 1. The molecule has 0 spiro atoms. The summed E-state index contributed by atoms with van der Waals surface area (Å²) in [5.74, 6) is 1.44. The van der Waals surface area contributed by atoms with Gasteiger partial charge in [0.25, 0.3) is 6.33 Å². The second-order valence-corrected chi connectivity index (χ2v) is 14.9. The fraction of sp³-hybridized carbons (Fsp3) is 0.0943. The molecule has 0 bridgehead atoms. The highest BCUT2D eigenvalue weighted by atomic mass is 16.5. The highest BCUT2D eigenvalue weighted by Gasteiger charge is 2.21. The van der Waals surface area contributed by atoms with Crippen molar-refractivity contribution in [3.05, 3.63) is 200 Å². The minimum absolute atomic E-state index is 0.0846. The van der Waals surface area contributed by atoms with Gasteiger partial charge < -0.3 is 4.74 Å². The van der Waals surface area contributed by atoms with Gasteiger partial charge in [0, 0.05) is 23.0 Å². The summed E-state index contributed by atoms with van der Waals surface area (Å²) in [6.07, 6.45) is 5.39. The van der Waals surface area contributed by atoms with Gasteiger partial charge in [-0.25, -0.2) is 4.98 Å². The van der Waals surface area contributed by atoms with Gasteiger partial charge in [-0.05, 0) is 88.1 Å². The van der Waals surface area contributed by atoms with Gasteiger partial charge in [-0.2, -0.15) is 0 Å². The summed E-state index contributed by atoms with van der Waals surface area (Å²) in [6, 6.07) is 46.5. The molecule has 3 heterocycles. The molecule has 0 aliphatic carbocycles. The van der Waals surface area contributed by atoms with Crippen molar-refractivity contribution in [2.24, 2.45) is 5.92 Å². The maximum absolute atomic E-state index is 9.36. The molecule has 0 saturated heterocycles. The van der Waals surface area contributed by atoms with Crippen LogP contribution < -0.4 is 9.30 Å². The number of hydrogen-bond acceptors (Lipinski definition) is 2. The fourth-order valence-corrected chi connectivity index (χ4v) is 7.80. The highest BCUT2D eigenvalue weighted by molar-refractivity contribution is 6.09. The summed E-state index contributed by atoms with van der Waals surface area (Å²) >= 11 is 0. The average molecular weight is 757 g/mol. The first kappa shape index (κ1) is 29.1. The number of rotatable bonds is 9. The predicted octanol–water partition coefficient (Wildman–Crippen LogP) is 13.1. The van der Waals surface area contributed by atoms with Crippen molar-refractivity contribution in [1.29, 1.82) is 0 Å². The van der Waals surface area contributed by atoms with E-state index in [2.05, 4.69) is 86.3 Å². The lowest BCUT2D eigenvalue weighted by Crippen LogP contribution is -2.31. The van der Waals surface area contributed by atoms with E-state index in [0.29, 0.717) is 23.0 Å². The maximum atomic E-state index is 9.36. The van der Waals surface area contributed by atoms with E-state index in [1.165, 1.54) is 0 Å². The molecule has 1 atom stereocenters.